The molecule has 74 heavy (non-hydrogen) atoms. The summed E-state index contributed by atoms with van der Waals surface area (Å²) < 4.78 is 173. The molecule has 0 amide bonds. The van der Waals surface area contributed by atoms with E-state index in [2.05, 4.69) is 20.3 Å². The zero-order valence-electron chi connectivity index (χ0n) is 40.5. The number of aromatic hydroxyl groups is 1. The van der Waals surface area contributed by atoms with Crippen molar-refractivity contribution in [1.29, 1.82) is 0 Å². The fraction of sp³-hybridized carbons (Fsp3) is 0.346. The summed E-state index contributed by atoms with van der Waals surface area (Å²) in [6.07, 6.45) is -20.3. The number of alkyl halides is 12. The number of fused-ring (bicyclic) bond motifs is 8. The number of nitrogens with zero attached hydrogens (tertiary/aromatic N) is 2. The molecule has 392 valence electrons. The minimum Gasteiger partial charge on any atom is -0.494 e. The molecule has 0 spiro atoms. The lowest BCUT2D eigenvalue weighted by atomic mass is 9.89. The van der Waals surface area contributed by atoms with Gasteiger partial charge in [-0.25, -0.2) is 9.97 Å². The fourth-order valence-electron chi connectivity index (χ4n) is 9.96. The molecule has 8 bridgehead atoms. The van der Waals surface area contributed by atoms with Gasteiger partial charge in [-0.2, -0.15) is 52.7 Å². The second-order valence-corrected chi connectivity index (χ2v) is 18.6. The molecule has 3 aliphatic rings. The first kappa shape index (κ1) is 53.0. The highest BCUT2D eigenvalue weighted by molar-refractivity contribution is 6.08. The van der Waals surface area contributed by atoms with Crippen LogP contribution in [0.3, 0.4) is 0 Å². The molecule has 10 nitrogen and oxygen atoms in total. The number of esters is 1. The molecular formula is C52H47F12N6O4+. The maximum Gasteiger partial charge on any atom is 0.416 e. The van der Waals surface area contributed by atoms with Gasteiger partial charge in [-0.1, -0.05) is 13.8 Å². The number of nitrogens with one attached hydrogen (secondary N) is 4. The van der Waals surface area contributed by atoms with E-state index in [-0.39, 0.29) is 64.4 Å². The molecule has 2 atom stereocenters. The van der Waals surface area contributed by atoms with Crippen LogP contribution in [0.15, 0.2) is 65.1 Å². The number of halogens is 12. The van der Waals surface area contributed by atoms with E-state index in [9.17, 15) is 67.4 Å². The number of methoxy groups -OCH3 is 1. The first-order valence-corrected chi connectivity index (χ1v) is 23.0. The van der Waals surface area contributed by atoms with Crippen molar-refractivity contribution in [3.63, 3.8) is 0 Å². The molecule has 3 aliphatic heterocycles. The molecule has 0 saturated carbocycles. The Morgan fingerprint density at radius 2 is 1.35 bits per heavy atom. The Kier molecular flexibility index (Phi) is 13.5. The van der Waals surface area contributed by atoms with E-state index in [4.69, 9.17) is 9.72 Å². The molecule has 0 unspecified atom stereocenters. The first-order chi connectivity index (χ1) is 34.4. The predicted octanol–water partition coefficient (Wildman–Crippen LogP) is 12.2. The Hall–Kier alpha value is -7.26. The van der Waals surface area contributed by atoms with Crippen LogP contribution in [0.2, 0.25) is 0 Å². The van der Waals surface area contributed by atoms with Crippen LogP contribution in [-0.4, -0.2) is 37.7 Å². The summed E-state index contributed by atoms with van der Waals surface area (Å²) in [4.78, 5) is 42.4. The highest BCUT2D eigenvalue weighted by atomic mass is 19.4. The number of hydrogen-bond acceptors (Lipinski definition) is 6. The Bertz CT molecular complexity index is 3470. The second kappa shape index (κ2) is 18.9. The van der Waals surface area contributed by atoms with E-state index < -0.39 is 83.0 Å². The third-order valence-corrected chi connectivity index (χ3v) is 13.9. The van der Waals surface area contributed by atoms with Crippen molar-refractivity contribution < 1.29 is 72.3 Å². The van der Waals surface area contributed by atoms with Crippen molar-refractivity contribution in [1.82, 2.24) is 24.8 Å². The molecule has 8 rings (SSSR count). The molecule has 0 saturated heterocycles. The van der Waals surface area contributed by atoms with E-state index >= 15 is 0 Å². The van der Waals surface area contributed by atoms with Crippen molar-refractivity contribution >= 4 is 50.1 Å². The number of H-pyrrole nitrogens is 3. The Balaban J connectivity index is 1.45. The average molecular weight is 1050 g/mol. The first-order valence-electron chi connectivity index (χ1n) is 23.0. The van der Waals surface area contributed by atoms with Crippen LogP contribution < -0.4 is 21.2 Å². The zero-order valence-corrected chi connectivity index (χ0v) is 40.5. The van der Waals surface area contributed by atoms with E-state index in [0.717, 1.165) is 0 Å². The summed E-state index contributed by atoms with van der Waals surface area (Å²) in [5.41, 5.74) is -3.06. The molecule has 5 N–H and O–H groups in total. The minimum atomic E-state index is -5.22. The number of pyridine rings is 1. The third-order valence-electron chi connectivity index (χ3n) is 13.9. The van der Waals surface area contributed by atoms with Gasteiger partial charge in [0.1, 0.15) is 5.39 Å². The molecule has 22 heteroatoms. The lowest BCUT2D eigenvalue weighted by molar-refractivity contribution is -0.379. The molecule has 0 aliphatic carbocycles. The molecule has 6 heterocycles. The highest BCUT2D eigenvalue weighted by Gasteiger charge is 2.39. The number of allylic oxidation sites excluding steroid dienone is 4. The van der Waals surface area contributed by atoms with Gasteiger partial charge in [0.05, 0.1) is 57.9 Å². The topological polar surface area (TPSA) is 139 Å². The zero-order chi connectivity index (χ0) is 54.3. The van der Waals surface area contributed by atoms with Gasteiger partial charge in [-0.15, -0.1) is 0 Å². The lowest BCUT2D eigenvalue weighted by Gasteiger charge is -2.16. The molecular weight excluding hydrogens is 1000 g/mol. The van der Waals surface area contributed by atoms with Crippen LogP contribution in [0, 0.1) is 6.92 Å². The van der Waals surface area contributed by atoms with Crippen molar-refractivity contribution in [3.8, 4) is 5.88 Å². The van der Waals surface area contributed by atoms with Crippen LogP contribution in [0.5, 0.6) is 5.88 Å². The summed E-state index contributed by atoms with van der Waals surface area (Å²) in [5, 5.41) is 15.5. The number of carbonyl (C=O) groups is 1. The van der Waals surface area contributed by atoms with Gasteiger partial charge in [0.15, 0.2) is 0 Å². The Morgan fingerprint density at radius 1 is 0.784 bits per heavy atom. The molecule has 0 radical (unpaired) electrons. The third kappa shape index (κ3) is 9.93. The summed E-state index contributed by atoms with van der Waals surface area (Å²) in [6.45, 7) is 9.06. The maximum absolute atomic E-state index is 14.7. The van der Waals surface area contributed by atoms with Crippen LogP contribution in [-0.2, 0) is 47.3 Å². The summed E-state index contributed by atoms with van der Waals surface area (Å²) in [5.74, 6) is -1.91. The molecule has 0 fully saturated rings. The van der Waals surface area contributed by atoms with Crippen molar-refractivity contribution in [2.24, 2.45) is 0 Å². The lowest BCUT2D eigenvalue weighted by Crippen LogP contribution is -2.23. The van der Waals surface area contributed by atoms with Crippen molar-refractivity contribution in [2.45, 2.75) is 110 Å². The van der Waals surface area contributed by atoms with Gasteiger partial charge in [-0.05, 0) is 111 Å². The standard InChI is InChI=1S/C52H46F12N6O4/c1-8-33-22(2)35-19-40-42(26(6)65-20-27-11-29(49(53,54)55)15-30(12-27)50(56,57)58)24(4)37(67-40)17-36-23(3)34(9-10-41(71)74-7)45(68-36)44-46-43(25(5)38(69-46)18-39(33)66-35)47(72)70(48(44)73)21-28-13-31(51(59,60)61)16-32(14-28)52(62,63)64/h11-19,22,33,65-66,69,73H,8-10,20-21H2,1-7H3/p+1/t22-,33-/m1/s1. The van der Waals surface area contributed by atoms with Gasteiger partial charge in [0, 0.05) is 70.2 Å². The van der Waals surface area contributed by atoms with Gasteiger partial charge in [-0.3, -0.25) is 14.2 Å². The van der Waals surface area contributed by atoms with E-state index in [1.165, 1.54) is 7.11 Å². The summed E-state index contributed by atoms with van der Waals surface area (Å²) in [6, 6.07) is 7.35. The quantitative estimate of drug-likeness (QED) is 0.0856. The smallest absolute Gasteiger partial charge is 0.416 e. The van der Waals surface area contributed by atoms with Crippen LogP contribution in [0.1, 0.15) is 133 Å². The van der Waals surface area contributed by atoms with Crippen LogP contribution in [0.25, 0.3) is 44.1 Å². The Labute approximate surface area is 413 Å². The number of aryl methyl sites for hydroxylation is 1. The number of carbonyl (C=O) groups excluding carboxylic acids is 1. The molecule has 3 aromatic heterocycles. The highest BCUT2D eigenvalue weighted by Crippen LogP contribution is 2.44. The normalized spacial score (nSPS) is 16.8. The number of aromatic nitrogens is 5. The van der Waals surface area contributed by atoms with Crippen LogP contribution >= 0.6 is 0 Å². The molecule has 2 aromatic carbocycles. The summed E-state index contributed by atoms with van der Waals surface area (Å²) >= 11 is 0. The van der Waals surface area contributed by atoms with E-state index in [1.54, 1.807) is 45.9 Å². The van der Waals surface area contributed by atoms with Gasteiger partial charge >= 0.3 is 30.7 Å². The van der Waals surface area contributed by atoms with Gasteiger partial charge < -0.3 is 25.1 Å². The van der Waals surface area contributed by atoms with Gasteiger partial charge in [0.25, 0.3) is 5.56 Å². The maximum atomic E-state index is 14.7. The molecule has 5 aromatic rings. The second-order valence-electron chi connectivity index (χ2n) is 18.6. The minimum absolute atomic E-state index is 0.0447. The largest absolute Gasteiger partial charge is 0.494 e. The number of rotatable bonds is 9. The number of ether oxygens (including phenoxy) is 1. The van der Waals surface area contributed by atoms with Crippen LogP contribution in [0.4, 0.5) is 52.7 Å². The Morgan fingerprint density at radius 3 is 1.89 bits per heavy atom. The van der Waals surface area contributed by atoms with Crippen molar-refractivity contribution in [2.75, 3.05) is 7.11 Å². The van der Waals surface area contributed by atoms with Gasteiger partial charge in [0.2, 0.25) is 17.3 Å². The van der Waals surface area contributed by atoms with E-state index in [1.807, 2.05) is 13.8 Å². The number of benzene rings is 2. The van der Waals surface area contributed by atoms with E-state index in [0.29, 0.717) is 102 Å². The monoisotopic (exact) mass is 1050 g/mol. The SMILES string of the molecule is CC[C@H]1c2cc3[nH]c4c(c5[nH+]c(cc6nc(cc([nH]2)[C@@H]1C)C(=C(C)NCc1cc(C(F)(F)F)cc(C(F)(F)F)c1)C=6C)C(C)=C5CCC(=O)OC)c(O)n(Cc1cc(C(F)(F)F)cc(C(F)(F)F)c1)c(=O)c4c3C. The van der Waals surface area contributed by atoms with Crippen molar-refractivity contribution in [3.05, 3.63) is 143 Å². The average Bonchev–Trinajstić information content (AvgIpc) is 4.00. The predicted molar refractivity (Wildman–Crippen MR) is 250 cm³/mol. The number of aromatic amines is 3. The fourth-order valence-corrected chi connectivity index (χ4v) is 9.96. The number of hydrogen-bond donors (Lipinski definition) is 4. The summed E-state index contributed by atoms with van der Waals surface area (Å²) in [7, 11) is 1.17.